The lowest BCUT2D eigenvalue weighted by Crippen LogP contribution is -2.28. The highest BCUT2D eigenvalue weighted by molar-refractivity contribution is 7.86. The largest absolute Gasteiger partial charge is 0.344 e. The van der Waals surface area contributed by atoms with Gasteiger partial charge in [0.2, 0.25) is 5.69 Å². The maximum absolute atomic E-state index is 12.2. The van der Waals surface area contributed by atoms with Crippen LogP contribution in [0.2, 0.25) is 0 Å². The molecule has 0 atom stereocenters. The lowest BCUT2D eigenvalue weighted by Gasteiger charge is -2.29. The summed E-state index contributed by atoms with van der Waals surface area (Å²) in [5, 5.41) is 3.63. The molecular weight excluding hydrogens is 943 g/mol. The molecule has 2 heterocycles. The molecule has 6 aromatic rings. The summed E-state index contributed by atoms with van der Waals surface area (Å²) >= 11 is 0. The van der Waals surface area contributed by atoms with Gasteiger partial charge in [-0.15, -0.1) is 0 Å². The van der Waals surface area contributed by atoms with Gasteiger partial charge in [0, 0.05) is 58.8 Å². The first kappa shape index (κ1) is 48.8. The van der Waals surface area contributed by atoms with Crippen molar-refractivity contribution in [3.63, 3.8) is 0 Å². The van der Waals surface area contributed by atoms with Crippen LogP contribution in [-0.2, 0) is 41.2 Å². The summed E-state index contributed by atoms with van der Waals surface area (Å²) < 4.78 is 104. The second-order valence-corrected chi connectivity index (χ2v) is 23.7. The van der Waals surface area contributed by atoms with Gasteiger partial charge in [-0.1, -0.05) is 98.8 Å². The van der Waals surface area contributed by atoms with Crippen molar-refractivity contribution in [2.24, 2.45) is 0 Å². The second kappa shape index (κ2) is 18.5. The zero-order chi connectivity index (χ0) is 49.8. The molecule has 2 aliphatic heterocycles. The highest BCUT2D eigenvalue weighted by atomic mass is 32.2. The first-order valence-corrected chi connectivity index (χ1v) is 27.9. The molecule has 0 fully saturated rings. The Morgan fingerprint density at radius 2 is 1.24 bits per heavy atom. The number of rotatable bonds is 15. The van der Waals surface area contributed by atoms with Gasteiger partial charge in [0.1, 0.15) is 6.54 Å². The van der Waals surface area contributed by atoms with Crippen molar-refractivity contribution in [1.29, 1.82) is 0 Å². The molecule has 0 aromatic heterocycles. The van der Waals surface area contributed by atoms with Crippen LogP contribution >= 0.6 is 0 Å². The molecule has 12 nitrogen and oxygen atoms in total. The van der Waals surface area contributed by atoms with Crippen LogP contribution < -0.4 is 9.80 Å². The van der Waals surface area contributed by atoms with Gasteiger partial charge in [0.25, 0.3) is 30.4 Å². The number of hydrogen-bond acceptors (Lipinski definition) is 8. The van der Waals surface area contributed by atoms with E-state index in [2.05, 4.69) is 115 Å². The standard InChI is InChI=1S/C55H55N3O9S3/c1-54(2)49(56(33-13-35-68(59,60)61)47-29-23-38-15-11-12-20-45(38)51(47)54)31-25-39-21-22-40(53(39)58(42-16-7-5-8-17-42)43-18-9-6-10-19-43)26-32-50-55(3,4)52-46-28-27-44(70(65,66)67)37-41(46)24-30-48(52)57(50)34-14-36-69(62,63)64/h5-12,15-20,23-32,37H,13-14,21-22,33-36H2,1-4H3,(H2-,59,60,61,62,63,64,65,66,67)/p+1. The Morgan fingerprint density at radius 1 is 0.629 bits per heavy atom. The Morgan fingerprint density at radius 3 is 1.90 bits per heavy atom. The minimum Gasteiger partial charge on any atom is -0.344 e. The van der Waals surface area contributed by atoms with E-state index in [0.717, 1.165) is 78.3 Å². The Balaban J connectivity index is 1.22. The molecule has 0 saturated carbocycles. The molecule has 3 aliphatic rings. The fraction of sp³-hybridized carbons (Fsp3) is 0.255. The summed E-state index contributed by atoms with van der Waals surface area (Å²) in [6.07, 6.45) is 10.3. The average molecular weight is 999 g/mol. The Labute approximate surface area is 410 Å². The van der Waals surface area contributed by atoms with E-state index in [4.69, 9.17) is 0 Å². The Bertz CT molecular complexity index is 3540. The lowest BCUT2D eigenvalue weighted by molar-refractivity contribution is -0.437. The van der Waals surface area contributed by atoms with Crippen LogP contribution in [0.3, 0.4) is 0 Å². The number of benzene rings is 6. The quantitative estimate of drug-likeness (QED) is 0.0660. The highest BCUT2D eigenvalue weighted by Gasteiger charge is 2.46. The maximum Gasteiger partial charge on any atom is 0.294 e. The van der Waals surface area contributed by atoms with Crippen molar-refractivity contribution in [2.75, 3.05) is 34.4 Å². The summed E-state index contributed by atoms with van der Waals surface area (Å²) in [7, 11) is -12.9. The van der Waals surface area contributed by atoms with Crippen molar-refractivity contribution in [3.8, 4) is 0 Å². The first-order valence-electron chi connectivity index (χ1n) is 23.3. The number of hydrogen-bond donors (Lipinski definition) is 3. The molecule has 1 aliphatic carbocycles. The van der Waals surface area contributed by atoms with E-state index in [9.17, 15) is 38.9 Å². The average Bonchev–Trinajstić information content (AvgIpc) is 3.87. The number of fused-ring (bicyclic) bond motifs is 6. The van der Waals surface area contributed by atoms with Gasteiger partial charge in [-0.05, 0) is 126 Å². The van der Waals surface area contributed by atoms with Gasteiger partial charge in [-0.25, -0.2) is 0 Å². The number of allylic oxidation sites excluding steroid dienone is 7. The molecule has 0 unspecified atom stereocenters. The molecule has 362 valence electrons. The molecule has 0 radical (unpaired) electrons. The molecule has 9 rings (SSSR count). The monoisotopic (exact) mass is 998 g/mol. The number of nitrogens with zero attached hydrogens (tertiary/aromatic N) is 3. The van der Waals surface area contributed by atoms with Crippen LogP contribution in [0.15, 0.2) is 179 Å². The minimum absolute atomic E-state index is 0.138. The summed E-state index contributed by atoms with van der Waals surface area (Å²) in [6.45, 7) is 9.19. The van der Waals surface area contributed by atoms with E-state index in [1.807, 2.05) is 54.6 Å². The van der Waals surface area contributed by atoms with Gasteiger partial charge >= 0.3 is 0 Å². The molecule has 3 N–H and O–H groups in total. The highest BCUT2D eigenvalue weighted by Crippen LogP contribution is 2.52. The minimum atomic E-state index is -4.46. The third kappa shape index (κ3) is 9.53. The van der Waals surface area contributed by atoms with Crippen molar-refractivity contribution in [1.82, 2.24) is 0 Å². The number of anilines is 3. The van der Waals surface area contributed by atoms with Crippen LogP contribution in [0.25, 0.3) is 21.5 Å². The van der Waals surface area contributed by atoms with Crippen molar-refractivity contribution >= 4 is 80.4 Å². The fourth-order valence-corrected chi connectivity index (χ4v) is 12.3. The topological polar surface area (TPSA) is 173 Å². The molecule has 15 heteroatoms. The maximum atomic E-state index is 12.2. The molecule has 0 bridgehead atoms. The summed E-state index contributed by atoms with van der Waals surface area (Å²) in [6, 6.07) is 41.0. The normalized spacial score (nSPS) is 18.0. The van der Waals surface area contributed by atoms with E-state index in [-0.39, 0.29) is 30.0 Å². The molecule has 0 spiro atoms. The van der Waals surface area contributed by atoms with E-state index in [0.29, 0.717) is 24.8 Å². The fourth-order valence-electron chi connectivity index (χ4n) is 10.8. The van der Waals surface area contributed by atoms with Crippen molar-refractivity contribution in [2.45, 2.75) is 69.1 Å². The van der Waals surface area contributed by atoms with Gasteiger partial charge in [-0.3, -0.25) is 13.7 Å². The van der Waals surface area contributed by atoms with Crippen LogP contribution in [0.5, 0.6) is 0 Å². The smallest absolute Gasteiger partial charge is 0.294 e. The SMILES string of the molecule is CC1(C)C(=C/C=C2\CCC(C=CC3=[N+](CCCS(=O)(=O)O)c4ccc5ccccc5c4C3(C)C)=C2N(c2ccccc2)c2ccccc2)N(CCCS(=O)(=O)O)c2ccc3cc(S(=O)(=O)O)ccc3c21. The van der Waals surface area contributed by atoms with Crippen LogP contribution in [0, 0.1) is 0 Å². The third-order valence-corrected chi connectivity index (χ3v) is 16.3. The van der Waals surface area contributed by atoms with Crippen LogP contribution in [-0.4, -0.2) is 73.8 Å². The van der Waals surface area contributed by atoms with E-state index >= 15 is 0 Å². The van der Waals surface area contributed by atoms with Gasteiger partial charge in [0.05, 0.1) is 27.5 Å². The van der Waals surface area contributed by atoms with Gasteiger partial charge < -0.3 is 9.80 Å². The van der Waals surface area contributed by atoms with Crippen molar-refractivity contribution in [3.05, 3.63) is 185 Å². The summed E-state index contributed by atoms with van der Waals surface area (Å²) in [5.74, 6) is -0.795. The summed E-state index contributed by atoms with van der Waals surface area (Å²) in [5.41, 5.74) is 9.56. The Kier molecular flexibility index (Phi) is 12.9. The Hall–Kier alpha value is -6.20. The molecular formula is C55H56N3O9S3+. The van der Waals surface area contributed by atoms with Crippen molar-refractivity contribution < 1.29 is 43.5 Å². The summed E-state index contributed by atoms with van der Waals surface area (Å²) in [4.78, 5) is 4.13. The molecule has 0 saturated heterocycles. The van der Waals surface area contributed by atoms with Gasteiger partial charge in [-0.2, -0.15) is 29.8 Å². The second-order valence-electron chi connectivity index (χ2n) is 19.2. The zero-order valence-electron chi connectivity index (χ0n) is 39.4. The predicted molar refractivity (Wildman–Crippen MR) is 280 cm³/mol. The van der Waals surface area contributed by atoms with Crippen LogP contribution in [0.4, 0.5) is 22.7 Å². The van der Waals surface area contributed by atoms with Gasteiger partial charge in [0.15, 0.2) is 5.71 Å². The van der Waals surface area contributed by atoms with E-state index in [1.165, 1.54) is 12.1 Å². The van der Waals surface area contributed by atoms with E-state index < -0.39 is 46.9 Å². The molecule has 70 heavy (non-hydrogen) atoms. The first-order chi connectivity index (χ1) is 33.1. The van der Waals surface area contributed by atoms with Crippen LogP contribution in [0.1, 0.15) is 64.5 Å². The van der Waals surface area contributed by atoms with E-state index in [1.54, 1.807) is 12.1 Å². The molecule has 6 aromatic carbocycles. The molecule has 0 amide bonds. The predicted octanol–water partition coefficient (Wildman–Crippen LogP) is 11.2. The lowest BCUT2D eigenvalue weighted by atomic mass is 9.79. The zero-order valence-corrected chi connectivity index (χ0v) is 41.9. The number of para-hydroxylation sites is 2. The third-order valence-electron chi connectivity index (χ3n) is 13.8.